The molecule has 0 saturated carbocycles. The van der Waals surface area contributed by atoms with E-state index in [1.54, 1.807) is 31.4 Å². The molecule has 2 rings (SSSR count). The van der Waals surface area contributed by atoms with Crippen molar-refractivity contribution in [3.8, 4) is 5.75 Å². The van der Waals surface area contributed by atoms with E-state index in [1.165, 1.54) is 0 Å². The molecule has 0 spiro atoms. The van der Waals surface area contributed by atoms with Crippen LogP contribution in [-0.4, -0.2) is 12.1 Å². The lowest BCUT2D eigenvalue weighted by Crippen LogP contribution is -2.12. The number of benzene rings is 2. The second-order valence-electron chi connectivity index (χ2n) is 4.45. The third-order valence-corrected chi connectivity index (χ3v) is 4.06. The number of rotatable bonds is 4. The fourth-order valence-corrected chi connectivity index (χ4v) is 2.52. The third kappa shape index (κ3) is 3.40. The first-order valence-corrected chi connectivity index (χ1v) is 7.30. The fraction of sp³-hybridized carbons (Fsp3) is 0.133. The number of thiocarbonyl (C=S) groups is 1. The molecule has 0 saturated heterocycles. The maximum Gasteiger partial charge on any atom is 0.120 e. The van der Waals surface area contributed by atoms with Gasteiger partial charge in [0.25, 0.3) is 0 Å². The smallest absolute Gasteiger partial charge is 0.120 e. The van der Waals surface area contributed by atoms with Crippen molar-refractivity contribution in [3.05, 3.63) is 51.5 Å². The van der Waals surface area contributed by atoms with Crippen molar-refractivity contribution < 1.29 is 4.74 Å². The van der Waals surface area contributed by atoms with Crippen LogP contribution in [0, 0.1) is 6.92 Å². The summed E-state index contributed by atoms with van der Waals surface area (Å²) in [6, 6.07) is 9.02. The molecule has 0 bridgehead atoms. The Bertz CT molecular complexity index is 704. The van der Waals surface area contributed by atoms with Gasteiger partial charge in [0.05, 0.1) is 28.5 Å². The summed E-state index contributed by atoms with van der Waals surface area (Å²) >= 11 is 17.6. The Kier molecular flexibility index (Phi) is 4.93. The van der Waals surface area contributed by atoms with Crippen molar-refractivity contribution in [2.24, 2.45) is 5.73 Å². The summed E-state index contributed by atoms with van der Waals surface area (Å²) in [6.45, 7) is 1.91. The van der Waals surface area contributed by atoms with Crippen molar-refractivity contribution in [2.75, 3.05) is 12.4 Å². The SMILES string of the molecule is COc1ccc(C(N)=S)c(Nc2c(Cl)ccc(C)c2Cl)c1. The Hall–Kier alpha value is -1.49. The molecule has 0 fully saturated rings. The molecule has 0 aliphatic carbocycles. The maximum atomic E-state index is 6.31. The van der Waals surface area contributed by atoms with Crippen LogP contribution in [0.15, 0.2) is 30.3 Å². The predicted molar refractivity (Wildman–Crippen MR) is 93.4 cm³/mol. The number of nitrogens with one attached hydrogen (secondary N) is 1. The summed E-state index contributed by atoms with van der Waals surface area (Å²) in [4.78, 5) is 0.278. The molecule has 0 aliphatic rings. The molecule has 110 valence electrons. The van der Waals surface area contributed by atoms with Crippen LogP contribution in [-0.2, 0) is 0 Å². The molecule has 3 N–H and O–H groups in total. The molecule has 6 heteroatoms. The van der Waals surface area contributed by atoms with Gasteiger partial charge in [0.15, 0.2) is 0 Å². The summed E-state index contributed by atoms with van der Waals surface area (Å²) in [5.41, 5.74) is 8.67. The molecule has 0 unspecified atom stereocenters. The van der Waals surface area contributed by atoms with E-state index < -0.39 is 0 Å². The Balaban J connectivity index is 2.53. The zero-order valence-corrected chi connectivity index (χ0v) is 13.9. The normalized spacial score (nSPS) is 10.3. The van der Waals surface area contributed by atoms with Crippen molar-refractivity contribution in [1.82, 2.24) is 0 Å². The van der Waals surface area contributed by atoms with Crippen molar-refractivity contribution in [2.45, 2.75) is 6.92 Å². The lowest BCUT2D eigenvalue weighted by Gasteiger charge is -2.16. The van der Waals surface area contributed by atoms with Crippen molar-refractivity contribution in [1.29, 1.82) is 0 Å². The molecular formula is C15H14Cl2N2OS. The number of halogens is 2. The van der Waals surface area contributed by atoms with Crippen LogP contribution in [0.3, 0.4) is 0 Å². The van der Waals surface area contributed by atoms with E-state index in [1.807, 2.05) is 13.0 Å². The number of ether oxygens (including phenoxy) is 1. The molecule has 0 aliphatic heterocycles. The van der Waals surface area contributed by atoms with Crippen LogP contribution in [0.25, 0.3) is 0 Å². The van der Waals surface area contributed by atoms with Crippen molar-refractivity contribution in [3.63, 3.8) is 0 Å². The number of nitrogens with two attached hydrogens (primary N) is 1. The molecule has 2 aromatic rings. The second-order valence-corrected chi connectivity index (χ2v) is 5.68. The van der Waals surface area contributed by atoms with Gasteiger partial charge in [-0.25, -0.2) is 0 Å². The van der Waals surface area contributed by atoms with Gasteiger partial charge in [-0.15, -0.1) is 0 Å². The Labute approximate surface area is 139 Å². The summed E-state index contributed by atoms with van der Waals surface area (Å²) in [6.07, 6.45) is 0. The largest absolute Gasteiger partial charge is 0.497 e. The lowest BCUT2D eigenvalue weighted by atomic mass is 10.1. The van der Waals surface area contributed by atoms with Gasteiger partial charge >= 0.3 is 0 Å². The maximum absolute atomic E-state index is 6.31. The first-order valence-electron chi connectivity index (χ1n) is 6.13. The minimum atomic E-state index is 0.278. The number of aryl methyl sites for hydroxylation is 1. The van der Waals surface area contributed by atoms with E-state index in [0.29, 0.717) is 32.7 Å². The summed E-state index contributed by atoms with van der Waals surface area (Å²) in [5, 5.41) is 4.27. The average Bonchev–Trinajstić information content (AvgIpc) is 2.47. The van der Waals surface area contributed by atoms with Gasteiger partial charge < -0.3 is 15.8 Å². The van der Waals surface area contributed by atoms with Gasteiger partial charge in [-0.05, 0) is 30.7 Å². The molecule has 0 aromatic heterocycles. The van der Waals surface area contributed by atoms with E-state index in [9.17, 15) is 0 Å². The number of hydrogen-bond acceptors (Lipinski definition) is 3. The standard InChI is InChI=1S/C15H14Cl2N2OS/c1-8-3-6-11(16)14(13(8)17)19-12-7-9(20-2)4-5-10(12)15(18)21/h3-7,19H,1-2H3,(H2,18,21). The first kappa shape index (κ1) is 15.9. The number of methoxy groups -OCH3 is 1. The quantitative estimate of drug-likeness (QED) is 0.792. The summed E-state index contributed by atoms with van der Waals surface area (Å²) < 4.78 is 5.22. The monoisotopic (exact) mass is 340 g/mol. The van der Waals surface area contributed by atoms with Crippen LogP contribution in [0.5, 0.6) is 5.75 Å². The Morgan fingerprint density at radius 1 is 1.24 bits per heavy atom. The molecule has 2 aromatic carbocycles. The highest BCUT2D eigenvalue weighted by molar-refractivity contribution is 7.80. The fourth-order valence-electron chi connectivity index (χ4n) is 1.87. The Morgan fingerprint density at radius 2 is 1.95 bits per heavy atom. The minimum Gasteiger partial charge on any atom is -0.497 e. The van der Waals surface area contributed by atoms with Crippen LogP contribution >= 0.6 is 35.4 Å². The molecular weight excluding hydrogens is 327 g/mol. The second kappa shape index (κ2) is 6.52. The van der Waals surface area contributed by atoms with E-state index in [2.05, 4.69) is 5.32 Å². The summed E-state index contributed by atoms with van der Waals surface area (Å²) in [7, 11) is 1.59. The van der Waals surface area contributed by atoms with Gasteiger partial charge in [-0.1, -0.05) is 41.5 Å². The van der Waals surface area contributed by atoms with Gasteiger partial charge in [0.1, 0.15) is 10.7 Å². The van der Waals surface area contributed by atoms with Gasteiger partial charge in [-0.2, -0.15) is 0 Å². The molecule has 0 heterocycles. The molecule has 0 amide bonds. The Morgan fingerprint density at radius 3 is 2.57 bits per heavy atom. The van der Waals surface area contributed by atoms with E-state index in [4.69, 9.17) is 45.9 Å². The summed E-state index contributed by atoms with van der Waals surface area (Å²) in [5.74, 6) is 0.678. The highest BCUT2D eigenvalue weighted by Crippen LogP contribution is 2.36. The third-order valence-electron chi connectivity index (χ3n) is 3.04. The average molecular weight is 341 g/mol. The molecule has 21 heavy (non-hydrogen) atoms. The minimum absolute atomic E-state index is 0.278. The van der Waals surface area contributed by atoms with Crippen molar-refractivity contribution >= 4 is 51.8 Å². The molecule has 3 nitrogen and oxygen atoms in total. The lowest BCUT2D eigenvalue weighted by molar-refractivity contribution is 0.415. The van der Waals surface area contributed by atoms with Gasteiger partial charge in [-0.3, -0.25) is 0 Å². The molecule has 0 radical (unpaired) electrons. The van der Waals surface area contributed by atoms with E-state index >= 15 is 0 Å². The number of hydrogen-bond donors (Lipinski definition) is 2. The van der Waals surface area contributed by atoms with E-state index in [0.717, 1.165) is 5.56 Å². The van der Waals surface area contributed by atoms with Crippen LogP contribution in [0.4, 0.5) is 11.4 Å². The van der Waals surface area contributed by atoms with Crippen LogP contribution in [0.2, 0.25) is 10.0 Å². The predicted octanol–water partition coefficient (Wildman–Crippen LogP) is 4.69. The molecule has 0 atom stereocenters. The highest BCUT2D eigenvalue weighted by atomic mass is 35.5. The topological polar surface area (TPSA) is 47.3 Å². The zero-order chi connectivity index (χ0) is 15.6. The first-order chi connectivity index (χ1) is 9.93. The van der Waals surface area contributed by atoms with E-state index in [-0.39, 0.29) is 4.99 Å². The van der Waals surface area contributed by atoms with Crippen LogP contribution < -0.4 is 15.8 Å². The van der Waals surface area contributed by atoms with Gasteiger partial charge in [0, 0.05) is 11.6 Å². The van der Waals surface area contributed by atoms with Gasteiger partial charge in [0.2, 0.25) is 0 Å². The number of anilines is 2. The highest BCUT2D eigenvalue weighted by Gasteiger charge is 2.13. The zero-order valence-electron chi connectivity index (χ0n) is 11.5. The van der Waals surface area contributed by atoms with Crippen LogP contribution in [0.1, 0.15) is 11.1 Å².